The molecule has 0 saturated heterocycles. The summed E-state index contributed by atoms with van der Waals surface area (Å²) in [6, 6.07) is 7.04. The molecule has 0 fully saturated rings. The molecular formula is C16H25NOS. The second-order valence-electron chi connectivity index (χ2n) is 4.91. The maximum atomic E-state index is 5.96. The molecule has 2 nitrogen and oxygen atoms in total. The van der Waals surface area contributed by atoms with E-state index in [2.05, 4.69) is 37.4 Å². The zero-order valence-electron chi connectivity index (χ0n) is 12.1. The van der Waals surface area contributed by atoms with E-state index in [0.29, 0.717) is 6.04 Å². The molecule has 19 heavy (non-hydrogen) atoms. The fraction of sp³-hybridized carbons (Fsp3) is 0.625. The van der Waals surface area contributed by atoms with E-state index in [1.807, 2.05) is 11.8 Å². The van der Waals surface area contributed by atoms with E-state index in [1.54, 1.807) is 0 Å². The van der Waals surface area contributed by atoms with Gasteiger partial charge in [0.1, 0.15) is 5.75 Å². The maximum absolute atomic E-state index is 5.96. The minimum absolute atomic E-state index is 0.531. The summed E-state index contributed by atoms with van der Waals surface area (Å²) in [6.07, 6.45) is 3.55. The molecule has 1 atom stereocenters. The number of benzene rings is 1. The highest BCUT2D eigenvalue weighted by Crippen LogP contribution is 2.36. The van der Waals surface area contributed by atoms with Crippen LogP contribution in [-0.4, -0.2) is 24.7 Å². The molecule has 0 saturated carbocycles. The number of ether oxygens (including phenoxy) is 1. The van der Waals surface area contributed by atoms with Crippen molar-refractivity contribution < 1.29 is 4.74 Å². The van der Waals surface area contributed by atoms with Crippen molar-refractivity contribution in [3.05, 3.63) is 29.3 Å². The molecule has 0 amide bonds. The van der Waals surface area contributed by atoms with E-state index in [0.717, 1.165) is 31.1 Å². The summed E-state index contributed by atoms with van der Waals surface area (Å²) < 4.78 is 5.96. The van der Waals surface area contributed by atoms with Crippen molar-refractivity contribution in [3.63, 3.8) is 0 Å². The van der Waals surface area contributed by atoms with Crippen LogP contribution in [0.15, 0.2) is 18.2 Å². The Morgan fingerprint density at radius 3 is 3.05 bits per heavy atom. The fourth-order valence-electron chi connectivity index (χ4n) is 2.64. The molecule has 1 unspecified atom stereocenters. The molecule has 1 N–H and O–H groups in total. The predicted octanol–water partition coefficient (Wildman–Crippen LogP) is 3.81. The molecule has 2 rings (SSSR count). The van der Waals surface area contributed by atoms with Gasteiger partial charge in [0, 0.05) is 11.8 Å². The maximum Gasteiger partial charge on any atom is 0.122 e. The van der Waals surface area contributed by atoms with E-state index in [9.17, 15) is 0 Å². The quantitative estimate of drug-likeness (QED) is 0.731. The van der Waals surface area contributed by atoms with Gasteiger partial charge in [-0.25, -0.2) is 0 Å². The molecule has 0 radical (unpaired) electrons. The molecule has 1 aromatic rings. The summed E-state index contributed by atoms with van der Waals surface area (Å²) in [5.41, 5.74) is 2.88. The van der Waals surface area contributed by atoms with E-state index < -0.39 is 0 Å². The van der Waals surface area contributed by atoms with Gasteiger partial charge in [0.05, 0.1) is 6.61 Å². The van der Waals surface area contributed by atoms with Gasteiger partial charge in [-0.1, -0.05) is 26.0 Å². The smallest absolute Gasteiger partial charge is 0.122 e. The van der Waals surface area contributed by atoms with Crippen LogP contribution in [0.3, 0.4) is 0 Å². The lowest BCUT2D eigenvalue weighted by atomic mass is 10.1. The number of nitrogens with one attached hydrogen (secondary N) is 1. The number of thioether (sulfide) groups is 1. The number of hydrogen-bond donors (Lipinski definition) is 1. The number of fused-ring (bicyclic) bond motifs is 1. The summed E-state index contributed by atoms with van der Waals surface area (Å²) in [5.74, 6) is 3.35. The van der Waals surface area contributed by atoms with Gasteiger partial charge in [-0.15, -0.1) is 0 Å². The van der Waals surface area contributed by atoms with Gasteiger partial charge in [0.15, 0.2) is 0 Å². The van der Waals surface area contributed by atoms with Gasteiger partial charge in [0.25, 0.3) is 0 Å². The van der Waals surface area contributed by atoms with E-state index in [1.165, 1.54) is 29.7 Å². The molecule has 0 bridgehead atoms. The van der Waals surface area contributed by atoms with Crippen LogP contribution in [-0.2, 0) is 6.42 Å². The van der Waals surface area contributed by atoms with Crippen LogP contribution in [0, 0.1) is 0 Å². The van der Waals surface area contributed by atoms with Crippen LogP contribution < -0.4 is 10.1 Å². The highest BCUT2D eigenvalue weighted by molar-refractivity contribution is 7.99. The average Bonchev–Trinajstić information content (AvgIpc) is 2.85. The molecule has 1 aliphatic rings. The first kappa shape index (κ1) is 14.7. The molecular weight excluding hydrogens is 254 g/mol. The average molecular weight is 279 g/mol. The van der Waals surface area contributed by atoms with Crippen molar-refractivity contribution in [2.75, 3.05) is 24.7 Å². The third-order valence-corrected chi connectivity index (χ3v) is 4.42. The molecule has 0 aliphatic heterocycles. The van der Waals surface area contributed by atoms with E-state index in [4.69, 9.17) is 4.74 Å². The van der Waals surface area contributed by atoms with Gasteiger partial charge in [-0.3, -0.25) is 0 Å². The lowest BCUT2D eigenvalue weighted by molar-refractivity contribution is 0.340. The highest BCUT2D eigenvalue weighted by atomic mass is 32.2. The standard InChI is InChI=1S/C16H25NOS/c1-3-10-17-15-9-8-14-13(15)6-5-7-16(14)18-11-12-19-4-2/h5-7,15,17H,3-4,8-12H2,1-2H3. The molecule has 0 heterocycles. The Morgan fingerprint density at radius 1 is 1.37 bits per heavy atom. The van der Waals surface area contributed by atoms with Crippen molar-refractivity contribution >= 4 is 11.8 Å². The topological polar surface area (TPSA) is 21.3 Å². The van der Waals surface area contributed by atoms with Gasteiger partial charge in [0.2, 0.25) is 0 Å². The lowest BCUT2D eigenvalue weighted by Crippen LogP contribution is -2.19. The summed E-state index contributed by atoms with van der Waals surface area (Å²) in [6.45, 7) is 6.33. The van der Waals surface area contributed by atoms with Crippen molar-refractivity contribution in [3.8, 4) is 5.75 Å². The van der Waals surface area contributed by atoms with Crippen LogP contribution in [0.5, 0.6) is 5.75 Å². The summed E-state index contributed by atoms with van der Waals surface area (Å²) in [7, 11) is 0. The number of rotatable bonds is 8. The molecule has 0 aromatic heterocycles. The third-order valence-electron chi connectivity index (χ3n) is 3.56. The Kier molecular flexibility index (Phi) is 6.05. The first-order chi connectivity index (χ1) is 9.36. The van der Waals surface area contributed by atoms with E-state index in [-0.39, 0.29) is 0 Å². The molecule has 106 valence electrons. The van der Waals surface area contributed by atoms with Crippen LogP contribution in [0.2, 0.25) is 0 Å². The first-order valence-electron chi connectivity index (χ1n) is 7.42. The molecule has 1 aliphatic carbocycles. The van der Waals surface area contributed by atoms with Gasteiger partial charge < -0.3 is 10.1 Å². The minimum atomic E-state index is 0.531. The Labute approximate surface area is 121 Å². The van der Waals surface area contributed by atoms with Crippen molar-refractivity contribution in [2.45, 2.75) is 39.2 Å². The lowest BCUT2D eigenvalue weighted by Gasteiger charge is -2.14. The van der Waals surface area contributed by atoms with Crippen molar-refractivity contribution in [1.29, 1.82) is 0 Å². The summed E-state index contributed by atoms with van der Waals surface area (Å²) >= 11 is 1.93. The zero-order chi connectivity index (χ0) is 13.5. The highest BCUT2D eigenvalue weighted by Gasteiger charge is 2.24. The predicted molar refractivity (Wildman–Crippen MR) is 84.3 cm³/mol. The third kappa shape index (κ3) is 3.90. The van der Waals surface area contributed by atoms with Gasteiger partial charge in [-0.2, -0.15) is 11.8 Å². The van der Waals surface area contributed by atoms with Crippen LogP contribution in [0.1, 0.15) is 43.9 Å². The largest absolute Gasteiger partial charge is 0.492 e. The SMILES string of the molecule is CCCNC1CCc2c(OCCSCC)cccc21. The second kappa shape index (κ2) is 7.81. The molecule has 3 heteroatoms. The summed E-state index contributed by atoms with van der Waals surface area (Å²) in [5, 5.41) is 3.63. The molecule has 0 spiro atoms. The Morgan fingerprint density at radius 2 is 2.26 bits per heavy atom. The fourth-order valence-corrected chi connectivity index (χ4v) is 3.13. The first-order valence-corrected chi connectivity index (χ1v) is 8.58. The summed E-state index contributed by atoms with van der Waals surface area (Å²) in [4.78, 5) is 0. The van der Waals surface area contributed by atoms with Gasteiger partial charge in [-0.05, 0) is 48.8 Å². The Bertz CT molecular complexity index is 394. The normalized spacial score (nSPS) is 17.5. The zero-order valence-corrected chi connectivity index (χ0v) is 12.9. The van der Waals surface area contributed by atoms with Crippen LogP contribution >= 0.6 is 11.8 Å². The van der Waals surface area contributed by atoms with E-state index >= 15 is 0 Å². The van der Waals surface area contributed by atoms with Crippen LogP contribution in [0.25, 0.3) is 0 Å². The second-order valence-corrected chi connectivity index (χ2v) is 6.31. The van der Waals surface area contributed by atoms with Crippen molar-refractivity contribution in [1.82, 2.24) is 5.32 Å². The van der Waals surface area contributed by atoms with Crippen molar-refractivity contribution in [2.24, 2.45) is 0 Å². The number of hydrogen-bond acceptors (Lipinski definition) is 3. The Balaban J connectivity index is 1.97. The molecule has 1 aromatic carbocycles. The minimum Gasteiger partial charge on any atom is -0.492 e. The Hall–Kier alpha value is -0.670. The van der Waals surface area contributed by atoms with Crippen LogP contribution in [0.4, 0.5) is 0 Å². The van der Waals surface area contributed by atoms with Gasteiger partial charge >= 0.3 is 0 Å². The monoisotopic (exact) mass is 279 g/mol.